The van der Waals surface area contributed by atoms with Crippen molar-refractivity contribution in [1.82, 2.24) is 0 Å². The van der Waals surface area contributed by atoms with Gasteiger partial charge in [0, 0.05) is 22.4 Å². The SMILES string of the molecule is O=c1cc2c(ccc3c4ccc(-c5ccc(O)c(O)c5)oc4cc(O)c23)cc1O. The summed E-state index contributed by atoms with van der Waals surface area (Å²) >= 11 is 0. The molecule has 0 aliphatic carbocycles. The predicted molar refractivity (Wildman–Crippen MR) is 110 cm³/mol. The zero-order chi connectivity index (χ0) is 20.3. The second kappa shape index (κ2) is 5.90. The molecule has 0 amide bonds. The second-order valence-electron chi connectivity index (χ2n) is 6.84. The molecule has 0 aliphatic rings. The van der Waals surface area contributed by atoms with E-state index in [1.807, 2.05) is 6.07 Å². The molecule has 0 saturated heterocycles. The molecule has 0 atom stereocenters. The molecule has 0 bridgehead atoms. The first-order valence-corrected chi connectivity index (χ1v) is 8.80. The molecule has 142 valence electrons. The van der Waals surface area contributed by atoms with Gasteiger partial charge < -0.3 is 24.8 Å². The maximum absolute atomic E-state index is 11.9. The quantitative estimate of drug-likeness (QED) is 0.248. The molecule has 0 aliphatic heterocycles. The van der Waals surface area contributed by atoms with Crippen LogP contribution in [0.25, 0.3) is 43.8 Å². The molecule has 1 aromatic heterocycles. The summed E-state index contributed by atoms with van der Waals surface area (Å²) in [6.07, 6.45) is 0. The van der Waals surface area contributed by atoms with Gasteiger partial charge in [0.1, 0.15) is 17.1 Å². The summed E-state index contributed by atoms with van der Waals surface area (Å²) in [6, 6.07) is 15.6. The smallest absolute Gasteiger partial charge is 0.220 e. The van der Waals surface area contributed by atoms with Gasteiger partial charge in [-0.25, -0.2) is 0 Å². The summed E-state index contributed by atoms with van der Waals surface area (Å²) in [7, 11) is 0. The van der Waals surface area contributed by atoms with Crippen molar-refractivity contribution < 1.29 is 24.8 Å². The summed E-state index contributed by atoms with van der Waals surface area (Å²) in [5.41, 5.74) is 0.462. The van der Waals surface area contributed by atoms with Crippen molar-refractivity contribution in [3.63, 3.8) is 0 Å². The molecular formula is C23H14O6. The van der Waals surface area contributed by atoms with E-state index in [9.17, 15) is 25.2 Å². The highest BCUT2D eigenvalue weighted by Crippen LogP contribution is 2.39. The summed E-state index contributed by atoms with van der Waals surface area (Å²) < 4.78 is 5.93. The first-order chi connectivity index (χ1) is 13.9. The number of phenolic OH excluding ortho intramolecular Hbond substituents is 4. The minimum Gasteiger partial charge on any atom is -0.507 e. The van der Waals surface area contributed by atoms with Crippen molar-refractivity contribution in [3.05, 3.63) is 70.9 Å². The third kappa shape index (κ3) is 2.54. The maximum atomic E-state index is 11.9. The number of hydrogen-bond acceptors (Lipinski definition) is 6. The molecule has 0 saturated carbocycles. The Hall–Kier alpha value is -4.19. The van der Waals surface area contributed by atoms with Crippen molar-refractivity contribution in [2.24, 2.45) is 0 Å². The van der Waals surface area contributed by atoms with Crippen molar-refractivity contribution in [2.45, 2.75) is 0 Å². The lowest BCUT2D eigenvalue weighted by Gasteiger charge is -2.11. The van der Waals surface area contributed by atoms with Crippen molar-refractivity contribution in [2.75, 3.05) is 0 Å². The van der Waals surface area contributed by atoms with Crippen LogP contribution in [0.15, 0.2) is 69.9 Å². The third-order valence-corrected chi connectivity index (χ3v) is 5.06. The van der Waals surface area contributed by atoms with Crippen molar-refractivity contribution in [1.29, 1.82) is 0 Å². The molecule has 0 radical (unpaired) electrons. The molecular weight excluding hydrogens is 372 g/mol. The third-order valence-electron chi connectivity index (χ3n) is 5.06. The minimum absolute atomic E-state index is 0.0577. The molecule has 29 heavy (non-hydrogen) atoms. The lowest BCUT2D eigenvalue weighted by Crippen LogP contribution is -1.97. The molecule has 0 unspecified atom stereocenters. The number of hydrogen-bond donors (Lipinski definition) is 4. The molecule has 6 nitrogen and oxygen atoms in total. The van der Waals surface area contributed by atoms with Crippen LogP contribution in [0.4, 0.5) is 0 Å². The Kier molecular flexibility index (Phi) is 3.45. The van der Waals surface area contributed by atoms with Gasteiger partial charge in [-0.05, 0) is 58.6 Å². The Balaban J connectivity index is 1.81. The maximum Gasteiger partial charge on any atom is 0.220 e. The van der Waals surface area contributed by atoms with Crippen LogP contribution < -0.4 is 5.43 Å². The van der Waals surface area contributed by atoms with Gasteiger partial charge in [-0.3, -0.25) is 4.79 Å². The lowest BCUT2D eigenvalue weighted by atomic mass is 9.97. The van der Waals surface area contributed by atoms with Gasteiger partial charge in [0.2, 0.25) is 5.43 Å². The van der Waals surface area contributed by atoms with Crippen LogP contribution in [0, 0.1) is 0 Å². The highest BCUT2D eigenvalue weighted by Gasteiger charge is 2.14. The highest BCUT2D eigenvalue weighted by molar-refractivity contribution is 6.19. The molecule has 4 N–H and O–H groups in total. The van der Waals surface area contributed by atoms with E-state index in [1.165, 1.54) is 30.3 Å². The fraction of sp³-hybridized carbons (Fsp3) is 0. The van der Waals surface area contributed by atoms with Crippen molar-refractivity contribution in [3.8, 4) is 34.3 Å². The molecule has 0 spiro atoms. The van der Waals surface area contributed by atoms with Crippen LogP contribution >= 0.6 is 0 Å². The van der Waals surface area contributed by atoms with E-state index in [0.717, 1.165) is 5.39 Å². The molecule has 1 heterocycles. The lowest BCUT2D eigenvalue weighted by molar-refractivity contribution is 0.404. The Morgan fingerprint density at radius 3 is 2.21 bits per heavy atom. The van der Waals surface area contributed by atoms with Crippen LogP contribution in [0.2, 0.25) is 0 Å². The van der Waals surface area contributed by atoms with E-state index in [0.29, 0.717) is 38.5 Å². The normalized spacial score (nSPS) is 11.4. The zero-order valence-electron chi connectivity index (χ0n) is 14.9. The van der Waals surface area contributed by atoms with E-state index < -0.39 is 5.43 Å². The standard InChI is InChI=1S/C23H14O6/c24-16-5-2-12(8-17(16)25)21-6-4-13-14-3-1-11-7-18(26)19(27)9-15(11)23(14)20(28)10-22(13)29-21/h1-10,24-26,28H. The van der Waals surface area contributed by atoms with Gasteiger partial charge >= 0.3 is 0 Å². The number of benzene rings is 4. The van der Waals surface area contributed by atoms with Gasteiger partial charge in [0.15, 0.2) is 17.2 Å². The highest BCUT2D eigenvalue weighted by atomic mass is 16.3. The van der Waals surface area contributed by atoms with E-state index in [-0.39, 0.29) is 23.0 Å². The second-order valence-corrected chi connectivity index (χ2v) is 6.84. The summed E-state index contributed by atoms with van der Waals surface area (Å²) in [6.45, 7) is 0. The van der Waals surface area contributed by atoms with E-state index in [2.05, 4.69) is 0 Å². The molecule has 5 rings (SSSR count). The van der Waals surface area contributed by atoms with Gasteiger partial charge in [-0.15, -0.1) is 0 Å². The summed E-state index contributed by atoms with van der Waals surface area (Å²) in [5.74, 6) is -0.443. The van der Waals surface area contributed by atoms with Crippen molar-refractivity contribution >= 4 is 32.5 Å². The largest absolute Gasteiger partial charge is 0.507 e. The fourth-order valence-corrected chi connectivity index (χ4v) is 3.65. The monoisotopic (exact) mass is 386 g/mol. The van der Waals surface area contributed by atoms with Crippen LogP contribution in [0.5, 0.6) is 23.0 Å². The molecule has 6 heteroatoms. The van der Waals surface area contributed by atoms with E-state index in [1.54, 1.807) is 24.3 Å². The number of aromatic hydroxyl groups is 4. The zero-order valence-corrected chi connectivity index (χ0v) is 14.9. The van der Waals surface area contributed by atoms with Crippen LogP contribution in [-0.4, -0.2) is 20.4 Å². The average molecular weight is 386 g/mol. The van der Waals surface area contributed by atoms with Crippen LogP contribution in [0.3, 0.4) is 0 Å². The topological polar surface area (TPSA) is 111 Å². The summed E-state index contributed by atoms with van der Waals surface area (Å²) in [5, 5.41) is 42.7. The predicted octanol–water partition coefficient (Wildman–Crippen LogP) is 4.59. The van der Waals surface area contributed by atoms with E-state index in [4.69, 9.17) is 4.42 Å². The van der Waals surface area contributed by atoms with Gasteiger partial charge in [0.25, 0.3) is 0 Å². The Bertz CT molecular complexity index is 1510. The molecule has 0 fully saturated rings. The number of rotatable bonds is 1. The first-order valence-electron chi connectivity index (χ1n) is 8.80. The Labute approximate surface area is 163 Å². The molecule has 5 aromatic rings. The van der Waals surface area contributed by atoms with Crippen LogP contribution in [-0.2, 0) is 0 Å². The van der Waals surface area contributed by atoms with Crippen LogP contribution in [0.1, 0.15) is 0 Å². The number of phenols is 4. The average Bonchev–Trinajstić information content (AvgIpc) is 2.70. The Morgan fingerprint density at radius 1 is 0.621 bits per heavy atom. The molecule has 4 aromatic carbocycles. The van der Waals surface area contributed by atoms with Gasteiger partial charge in [-0.2, -0.15) is 0 Å². The summed E-state index contributed by atoms with van der Waals surface area (Å²) in [4.78, 5) is 11.9. The van der Waals surface area contributed by atoms with Gasteiger partial charge in [-0.1, -0.05) is 12.1 Å². The Morgan fingerprint density at radius 2 is 1.41 bits per heavy atom. The van der Waals surface area contributed by atoms with Gasteiger partial charge in [0.05, 0.1) is 0 Å². The first kappa shape index (κ1) is 16.9. The van der Waals surface area contributed by atoms with E-state index >= 15 is 0 Å². The number of fused-ring (bicyclic) bond motifs is 5. The minimum atomic E-state index is -0.517. The fourth-order valence-electron chi connectivity index (χ4n) is 3.65.